The number of carbonyl (C=O) groups is 1. The van der Waals surface area contributed by atoms with Gasteiger partial charge in [0.15, 0.2) is 0 Å². The minimum Gasteiger partial charge on any atom is -0.466 e. The molecule has 110 valence electrons. The molecule has 0 saturated carbocycles. The van der Waals surface area contributed by atoms with E-state index in [2.05, 4.69) is 30.9 Å². The molecule has 1 rings (SSSR count). The predicted molar refractivity (Wildman–Crippen MR) is 84.5 cm³/mol. The zero-order valence-electron chi connectivity index (χ0n) is 12.5. The lowest BCUT2D eigenvalue weighted by molar-refractivity contribution is -0.146. The van der Waals surface area contributed by atoms with Gasteiger partial charge in [0.2, 0.25) is 0 Å². The van der Waals surface area contributed by atoms with E-state index in [0.717, 1.165) is 0 Å². The quantitative estimate of drug-likeness (QED) is 0.619. The van der Waals surface area contributed by atoms with Crippen LogP contribution in [0.4, 0.5) is 0 Å². The van der Waals surface area contributed by atoms with Crippen LogP contribution < -0.4 is 5.19 Å². The van der Waals surface area contributed by atoms with E-state index in [9.17, 15) is 4.79 Å². The first-order valence-corrected chi connectivity index (χ1v) is 10.1. The maximum absolute atomic E-state index is 11.8. The van der Waals surface area contributed by atoms with Gasteiger partial charge in [-0.1, -0.05) is 60.4 Å². The molecule has 0 aliphatic rings. The summed E-state index contributed by atoms with van der Waals surface area (Å²) in [6.45, 7) is 6.62. The zero-order valence-corrected chi connectivity index (χ0v) is 13.5. The second-order valence-electron chi connectivity index (χ2n) is 5.32. The SMILES string of the molecule is CCOC(=O)[C@@H](/C=C\[Si](C)(C)c1ccccc1)CCO. The number of rotatable bonds is 7. The molecule has 0 spiro atoms. The van der Waals surface area contributed by atoms with E-state index in [-0.39, 0.29) is 18.5 Å². The lowest BCUT2D eigenvalue weighted by Crippen LogP contribution is -2.39. The number of hydrogen-bond acceptors (Lipinski definition) is 3. The van der Waals surface area contributed by atoms with Gasteiger partial charge in [0.25, 0.3) is 0 Å². The van der Waals surface area contributed by atoms with Gasteiger partial charge in [0.05, 0.1) is 12.5 Å². The van der Waals surface area contributed by atoms with Crippen LogP contribution in [0.15, 0.2) is 42.1 Å². The lowest BCUT2D eigenvalue weighted by atomic mass is 10.1. The van der Waals surface area contributed by atoms with Crippen molar-refractivity contribution in [1.29, 1.82) is 0 Å². The molecule has 1 aromatic carbocycles. The van der Waals surface area contributed by atoms with Gasteiger partial charge in [-0.05, 0) is 13.3 Å². The highest BCUT2D eigenvalue weighted by atomic mass is 28.3. The fourth-order valence-corrected chi connectivity index (χ4v) is 3.96. The topological polar surface area (TPSA) is 46.5 Å². The Morgan fingerprint density at radius 1 is 1.35 bits per heavy atom. The van der Waals surface area contributed by atoms with Crippen LogP contribution in [0.2, 0.25) is 13.1 Å². The van der Waals surface area contributed by atoms with E-state index >= 15 is 0 Å². The highest BCUT2D eigenvalue weighted by Crippen LogP contribution is 2.12. The first-order chi connectivity index (χ1) is 9.51. The molecule has 0 heterocycles. The molecule has 0 unspecified atom stereocenters. The highest BCUT2D eigenvalue weighted by Gasteiger charge is 2.22. The molecule has 0 radical (unpaired) electrons. The third kappa shape index (κ3) is 4.94. The van der Waals surface area contributed by atoms with Crippen LogP contribution in [-0.4, -0.2) is 32.4 Å². The molecular formula is C16H24O3Si. The van der Waals surface area contributed by atoms with E-state index in [1.807, 2.05) is 24.3 Å². The summed E-state index contributed by atoms with van der Waals surface area (Å²) in [6.07, 6.45) is 2.32. The van der Waals surface area contributed by atoms with Crippen LogP contribution in [0, 0.1) is 5.92 Å². The first-order valence-electron chi connectivity index (χ1n) is 7.03. The van der Waals surface area contributed by atoms with Gasteiger partial charge in [-0.15, -0.1) is 0 Å². The van der Waals surface area contributed by atoms with Gasteiger partial charge < -0.3 is 9.84 Å². The van der Waals surface area contributed by atoms with Gasteiger partial charge in [0, 0.05) is 6.61 Å². The lowest BCUT2D eigenvalue weighted by Gasteiger charge is -2.19. The van der Waals surface area contributed by atoms with Crippen molar-refractivity contribution in [3.05, 3.63) is 42.1 Å². The molecule has 0 bridgehead atoms. The summed E-state index contributed by atoms with van der Waals surface area (Å²) in [5.74, 6) is -0.605. The van der Waals surface area contributed by atoms with Crippen LogP contribution in [0.3, 0.4) is 0 Å². The van der Waals surface area contributed by atoms with Crippen molar-refractivity contribution in [2.24, 2.45) is 5.92 Å². The maximum atomic E-state index is 11.8. The molecule has 0 aliphatic carbocycles. The Bertz CT molecular complexity index is 440. The smallest absolute Gasteiger partial charge is 0.312 e. The van der Waals surface area contributed by atoms with E-state index in [4.69, 9.17) is 9.84 Å². The molecule has 0 aromatic heterocycles. The molecule has 4 heteroatoms. The van der Waals surface area contributed by atoms with Crippen molar-refractivity contribution in [3.8, 4) is 0 Å². The van der Waals surface area contributed by atoms with Crippen molar-refractivity contribution in [1.82, 2.24) is 0 Å². The molecule has 20 heavy (non-hydrogen) atoms. The number of ether oxygens (including phenoxy) is 1. The molecule has 3 nitrogen and oxygen atoms in total. The molecular weight excluding hydrogens is 268 g/mol. The predicted octanol–water partition coefficient (Wildman–Crippen LogP) is 2.26. The Hall–Kier alpha value is -1.39. The normalized spacial score (nSPS) is 13.4. The fraction of sp³-hybridized carbons (Fsp3) is 0.438. The van der Waals surface area contributed by atoms with Crippen molar-refractivity contribution in [3.63, 3.8) is 0 Å². The van der Waals surface area contributed by atoms with E-state index in [1.54, 1.807) is 6.92 Å². The maximum Gasteiger partial charge on any atom is 0.312 e. The molecule has 0 amide bonds. The highest BCUT2D eigenvalue weighted by molar-refractivity contribution is 6.93. The molecule has 0 saturated heterocycles. The van der Waals surface area contributed by atoms with Crippen LogP contribution in [-0.2, 0) is 9.53 Å². The van der Waals surface area contributed by atoms with Crippen LogP contribution in [0.5, 0.6) is 0 Å². The van der Waals surface area contributed by atoms with Gasteiger partial charge in [-0.2, -0.15) is 0 Å². The third-order valence-electron chi connectivity index (χ3n) is 3.29. The first kappa shape index (κ1) is 16.7. The Morgan fingerprint density at radius 3 is 2.55 bits per heavy atom. The molecule has 1 N–H and O–H groups in total. The average molecular weight is 292 g/mol. The Labute approximate surface area is 122 Å². The van der Waals surface area contributed by atoms with Crippen molar-refractivity contribution < 1.29 is 14.6 Å². The van der Waals surface area contributed by atoms with E-state index in [0.29, 0.717) is 13.0 Å². The van der Waals surface area contributed by atoms with E-state index in [1.165, 1.54) is 5.19 Å². The molecule has 1 aromatic rings. The number of carbonyl (C=O) groups excluding carboxylic acids is 1. The monoisotopic (exact) mass is 292 g/mol. The van der Waals surface area contributed by atoms with Crippen LogP contribution >= 0.6 is 0 Å². The Kier molecular flexibility index (Phi) is 6.68. The van der Waals surface area contributed by atoms with Crippen molar-refractivity contribution >= 4 is 19.2 Å². The van der Waals surface area contributed by atoms with Crippen molar-refractivity contribution in [2.75, 3.05) is 13.2 Å². The Morgan fingerprint density at radius 2 is 2.00 bits per heavy atom. The fourth-order valence-electron chi connectivity index (χ4n) is 2.00. The minimum absolute atomic E-state index is 0.0128. The van der Waals surface area contributed by atoms with Gasteiger partial charge in [-0.3, -0.25) is 4.79 Å². The second kappa shape index (κ2) is 8.02. The number of aliphatic hydroxyl groups excluding tert-OH is 1. The standard InChI is InChI=1S/C16H24O3Si/c1-4-19-16(18)14(10-12-17)11-13-20(2,3)15-8-6-5-7-9-15/h5-9,11,13-14,17H,4,10,12H2,1-3H3/b13-11-/t14-/m1/s1. The molecule has 0 aliphatic heterocycles. The molecule has 0 fully saturated rings. The third-order valence-corrected chi connectivity index (χ3v) is 6.14. The van der Waals surface area contributed by atoms with E-state index < -0.39 is 8.07 Å². The summed E-state index contributed by atoms with van der Waals surface area (Å²) < 4.78 is 5.04. The largest absolute Gasteiger partial charge is 0.466 e. The number of aliphatic hydroxyl groups is 1. The minimum atomic E-state index is -1.71. The number of hydrogen-bond donors (Lipinski definition) is 1. The van der Waals surface area contributed by atoms with Gasteiger partial charge in [0.1, 0.15) is 8.07 Å². The summed E-state index contributed by atoms with van der Waals surface area (Å²) in [4.78, 5) is 11.8. The zero-order chi connectivity index (χ0) is 15.0. The van der Waals surface area contributed by atoms with Gasteiger partial charge >= 0.3 is 5.97 Å². The summed E-state index contributed by atoms with van der Waals surface area (Å²) in [6, 6.07) is 10.3. The number of esters is 1. The summed E-state index contributed by atoms with van der Waals surface area (Å²) in [5.41, 5.74) is 2.15. The molecule has 1 atom stereocenters. The Balaban J connectivity index is 2.83. The average Bonchev–Trinajstić information content (AvgIpc) is 2.44. The van der Waals surface area contributed by atoms with Crippen molar-refractivity contribution in [2.45, 2.75) is 26.4 Å². The van der Waals surface area contributed by atoms with Crippen LogP contribution in [0.1, 0.15) is 13.3 Å². The summed E-state index contributed by atoms with van der Waals surface area (Å²) >= 11 is 0. The summed E-state index contributed by atoms with van der Waals surface area (Å²) in [5, 5.41) is 10.4. The van der Waals surface area contributed by atoms with Gasteiger partial charge in [-0.25, -0.2) is 0 Å². The van der Waals surface area contributed by atoms with Crippen LogP contribution in [0.25, 0.3) is 0 Å². The second-order valence-corrected chi connectivity index (χ2v) is 9.67. The number of benzene rings is 1. The summed E-state index contributed by atoms with van der Waals surface area (Å²) in [7, 11) is -1.71.